The zero-order chi connectivity index (χ0) is 28.3. The number of fused-ring (bicyclic) bond motifs is 1. The second-order valence-corrected chi connectivity index (χ2v) is 12.5. The number of carbonyl (C=O) groups excluding carboxylic acids is 1. The average molecular weight is 647 g/mol. The van der Waals surface area contributed by atoms with Crippen LogP contribution in [0.25, 0.3) is 10.9 Å². The number of thioether (sulfide) groups is 1. The van der Waals surface area contributed by atoms with E-state index in [1.807, 2.05) is 41.8 Å². The van der Waals surface area contributed by atoms with Crippen molar-refractivity contribution >= 4 is 61.6 Å². The lowest BCUT2D eigenvalue weighted by atomic mass is 9.99. The number of rotatable bonds is 9. The Morgan fingerprint density at radius 2 is 1.85 bits per heavy atom. The number of methoxy groups -OCH3 is 2. The van der Waals surface area contributed by atoms with Crippen LogP contribution in [0.5, 0.6) is 11.5 Å². The lowest BCUT2D eigenvalue weighted by Gasteiger charge is -2.24. The summed E-state index contributed by atoms with van der Waals surface area (Å²) in [6, 6.07) is 26.3. The van der Waals surface area contributed by atoms with E-state index in [4.69, 9.17) is 14.6 Å². The molecule has 0 saturated carbocycles. The number of halogens is 1. The predicted molar refractivity (Wildman–Crippen MR) is 171 cm³/mol. The maximum atomic E-state index is 13.9. The van der Waals surface area contributed by atoms with Gasteiger partial charge in [0.25, 0.3) is 5.91 Å². The van der Waals surface area contributed by atoms with Gasteiger partial charge in [-0.05, 0) is 41.3 Å². The van der Waals surface area contributed by atoms with Crippen LogP contribution in [-0.2, 0) is 11.3 Å². The number of hydrogen-bond acceptors (Lipinski definition) is 6. The van der Waals surface area contributed by atoms with Crippen LogP contribution in [0.3, 0.4) is 0 Å². The fourth-order valence-corrected chi connectivity index (χ4v) is 7.13. The molecule has 0 fully saturated rings. The highest BCUT2D eigenvalue weighted by molar-refractivity contribution is 9.10. The molecule has 1 atom stereocenters. The monoisotopic (exact) mass is 645 g/mol. The van der Waals surface area contributed by atoms with Crippen LogP contribution in [0, 0.1) is 0 Å². The number of para-hydroxylation sites is 2. The van der Waals surface area contributed by atoms with E-state index in [0.29, 0.717) is 17.9 Å². The first-order chi connectivity index (χ1) is 20.1. The van der Waals surface area contributed by atoms with Crippen molar-refractivity contribution in [3.63, 3.8) is 0 Å². The highest BCUT2D eigenvalue weighted by Crippen LogP contribution is 2.42. The molecule has 9 heteroatoms. The molecule has 0 aliphatic carbocycles. The van der Waals surface area contributed by atoms with Crippen molar-refractivity contribution in [3.8, 4) is 11.5 Å². The topological polar surface area (TPSA) is 56.1 Å². The molecule has 5 aromatic rings. The number of amides is 1. The van der Waals surface area contributed by atoms with E-state index in [0.717, 1.165) is 43.0 Å². The van der Waals surface area contributed by atoms with Gasteiger partial charge in [-0.3, -0.25) is 4.79 Å². The molecule has 0 N–H and O–H groups in total. The molecule has 1 aliphatic heterocycles. The summed E-state index contributed by atoms with van der Waals surface area (Å²) in [7, 11) is 3.25. The van der Waals surface area contributed by atoms with Gasteiger partial charge in [-0.2, -0.15) is 5.10 Å². The van der Waals surface area contributed by atoms with Crippen LogP contribution in [0.1, 0.15) is 28.5 Å². The third-order valence-electron chi connectivity index (χ3n) is 7.13. The molecular weight excluding hydrogens is 618 g/mol. The van der Waals surface area contributed by atoms with Crippen LogP contribution >= 0.6 is 39.0 Å². The standard InChI is InChI=1S/C32H28BrN3O3S2/c1-38-28-10-5-8-24(32(28)39-2)27-17-25(29-11-6-16-40-29)34-36(27)31(37)20-41-30-19-35(26-9-4-3-7-23(26)30)18-21-12-14-22(33)15-13-21/h3-16,19,27H,17-18,20H2,1-2H3. The average Bonchev–Trinajstić information content (AvgIpc) is 3.76. The Balaban J connectivity index is 1.28. The number of aromatic nitrogens is 1. The molecule has 1 unspecified atom stereocenters. The van der Waals surface area contributed by atoms with E-state index in [9.17, 15) is 4.79 Å². The Morgan fingerprint density at radius 3 is 2.61 bits per heavy atom. The molecule has 2 aromatic heterocycles. The lowest BCUT2D eigenvalue weighted by Crippen LogP contribution is -2.28. The van der Waals surface area contributed by atoms with Crippen molar-refractivity contribution in [1.82, 2.24) is 9.58 Å². The molecule has 1 aliphatic rings. The number of ether oxygens (including phenoxy) is 2. The first kappa shape index (κ1) is 27.6. The summed E-state index contributed by atoms with van der Waals surface area (Å²) >= 11 is 6.70. The SMILES string of the molecule is COc1cccc(C2CC(c3cccs3)=NN2C(=O)CSc2cn(Cc3ccc(Br)cc3)c3ccccc23)c1OC. The molecule has 0 radical (unpaired) electrons. The van der Waals surface area contributed by atoms with Gasteiger partial charge in [-0.15, -0.1) is 23.1 Å². The van der Waals surface area contributed by atoms with E-state index in [1.165, 1.54) is 5.56 Å². The van der Waals surface area contributed by atoms with Crippen LogP contribution in [0.15, 0.2) is 105 Å². The summed E-state index contributed by atoms with van der Waals surface area (Å²) < 4.78 is 14.6. The van der Waals surface area contributed by atoms with E-state index >= 15 is 0 Å². The third-order valence-corrected chi connectivity index (χ3v) is 9.61. The Bertz CT molecular complexity index is 1710. The minimum absolute atomic E-state index is 0.0545. The molecule has 3 aromatic carbocycles. The summed E-state index contributed by atoms with van der Waals surface area (Å²) in [5.74, 6) is 1.47. The van der Waals surface area contributed by atoms with Crippen molar-refractivity contribution in [2.24, 2.45) is 5.10 Å². The van der Waals surface area contributed by atoms with Crippen molar-refractivity contribution in [2.75, 3.05) is 20.0 Å². The summed E-state index contributed by atoms with van der Waals surface area (Å²) in [5.41, 5.74) is 4.14. The molecule has 6 nitrogen and oxygen atoms in total. The lowest BCUT2D eigenvalue weighted by molar-refractivity contribution is -0.130. The summed E-state index contributed by atoms with van der Waals surface area (Å²) in [5, 5.41) is 9.66. The fourth-order valence-electron chi connectivity index (χ4n) is 5.20. The Hall–Kier alpha value is -3.53. The molecular formula is C32H28BrN3O3S2. The molecule has 41 heavy (non-hydrogen) atoms. The summed E-state index contributed by atoms with van der Waals surface area (Å²) in [6.07, 6.45) is 2.75. The predicted octanol–water partition coefficient (Wildman–Crippen LogP) is 8.00. The second kappa shape index (κ2) is 12.1. The van der Waals surface area contributed by atoms with Gasteiger partial charge in [-0.25, -0.2) is 5.01 Å². The quantitative estimate of drug-likeness (QED) is 0.152. The maximum Gasteiger partial charge on any atom is 0.253 e. The minimum atomic E-state index is -0.288. The van der Waals surface area contributed by atoms with Crippen molar-refractivity contribution in [1.29, 1.82) is 0 Å². The van der Waals surface area contributed by atoms with E-state index in [-0.39, 0.29) is 17.7 Å². The first-order valence-electron chi connectivity index (χ1n) is 13.1. The van der Waals surface area contributed by atoms with Crippen LogP contribution in [-0.4, -0.2) is 41.2 Å². The number of hydrogen-bond donors (Lipinski definition) is 0. The second-order valence-electron chi connectivity index (χ2n) is 9.62. The molecule has 6 rings (SSSR count). The van der Waals surface area contributed by atoms with Gasteiger partial charge in [0.1, 0.15) is 0 Å². The van der Waals surface area contributed by atoms with Gasteiger partial charge in [0.05, 0.1) is 36.6 Å². The minimum Gasteiger partial charge on any atom is -0.493 e. The summed E-state index contributed by atoms with van der Waals surface area (Å²) in [4.78, 5) is 16.0. The Morgan fingerprint density at radius 1 is 1.02 bits per heavy atom. The normalized spacial score (nSPS) is 14.9. The van der Waals surface area contributed by atoms with E-state index < -0.39 is 0 Å². The van der Waals surface area contributed by atoms with Gasteiger partial charge in [0.15, 0.2) is 11.5 Å². The van der Waals surface area contributed by atoms with Crippen molar-refractivity contribution in [2.45, 2.75) is 23.9 Å². The highest BCUT2D eigenvalue weighted by Gasteiger charge is 2.36. The van der Waals surface area contributed by atoms with E-state index in [2.05, 4.69) is 69.2 Å². The molecule has 3 heterocycles. The smallest absolute Gasteiger partial charge is 0.253 e. The maximum absolute atomic E-state index is 13.9. The zero-order valence-corrected chi connectivity index (χ0v) is 25.8. The van der Waals surface area contributed by atoms with Gasteiger partial charge in [0, 0.05) is 45.0 Å². The molecule has 0 spiro atoms. The van der Waals surface area contributed by atoms with Crippen molar-refractivity contribution in [3.05, 3.63) is 111 Å². The largest absolute Gasteiger partial charge is 0.493 e. The molecule has 208 valence electrons. The summed E-state index contributed by atoms with van der Waals surface area (Å²) in [6.45, 7) is 0.751. The van der Waals surface area contributed by atoms with Gasteiger partial charge in [0.2, 0.25) is 0 Å². The Kier molecular flexibility index (Phi) is 8.18. The number of benzene rings is 3. The number of carbonyl (C=O) groups is 1. The molecule has 1 amide bonds. The van der Waals surface area contributed by atoms with Crippen LogP contribution in [0.4, 0.5) is 0 Å². The fraction of sp³-hybridized carbons (Fsp3) is 0.188. The van der Waals surface area contributed by atoms with E-state index in [1.54, 1.807) is 42.3 Å². The number of nitrogens with zero attached hydrogens (tertiary/aromatic N) is 3. The van der Waals surface area contributed by atoms with Crippen LogP contribution in [0.2, 0.25) is 0 Å². The van der Waals surface area contributed by atoms with Gasteiger partial charge >= 0.3 is 0 Å². The zero-order valence-electron chi connectivity index (χ0n) is 22.6. The third kappa shape index (κ3) is 5.66. The van der Waals surface area contributed by atoms with Gasteiger partial charge in [-0.1, -0.05) is 64.5 Å². The Labute approximate surface area is 255 Å². The number of hydrazone groups is 1. The highest BCUT2D eigenvalue weighted by atomic mass is 79.9. The number of thiophene rings is 1. The molecule has 0 saturated heterocycles. The van der Waals surface area contributed by atoms with Crippen molar-refractivity contribution < 1.29 is 14.3 Å². The molecule has 0 bridgehead atoms. The van der Waals surface area contributed by atoms with Gasteiger partial charge < -0.3 is 14.0 Å². The van der Waals surface area contributed by atoms with Crippen LogP contribution < -0.4 is 9.47 Å². The first-order valence-corrected chi connectivity index (χ1v) is 15.8.